The molecular weight excluding hydrogens is 302 g/mol. The van der Waals surface area contributed by atoms with Crippen molar-refractivity contribution in [2.45, 2.75) is 45.4 Å². The normalized spacial score (nSPS) is 19.9. The standard InChI is InChI=1S/C17H24F2N2O2/c1-17(2,3)23-16(22)21-10-9-20(12-14(21)15(18)19)11-13-7-5-4-6-8-13/h4-8,14-15H,9-12H2,1-3H3. The topological polar surface area (TPSA) is 32.8 Å². The van der Waals surface area contributed by atoms with Crippen LogP contribution in [0.5, 0.6) is 0 Å². The molecule has 1 atom stereocenters. The second-order valence-corrected chi connectivity index (χ2v) is 6.80. The zero-order chi connectivity index (χ0) is 17.0. The molecule has 1 aliphatic heterocycles. The van der Waals surface area contributed by atoms with E-state index in [0.29, 0.717) is 13.1 Å². The van der Waals surface area contributed by atoms with E-state index >= 15 is 0 Å². The predicted molar refractivity (Wildman–Crippen MR) is 84.5 cm³/mol. The lowest BCUT2D eigenvalue weighted by Crippen LogP contribution is -2.58. The number of piperazine rings is 1. The van der Waals surface area contributed by atoms with Gasteiger partial charge >= 0.3 is 6.09 Å². The van der Waals surface area contributed by atoms with Gasteiger partial charge in [0.1, 0.15) is 11.6 Å². The van der Waals surface area contributed by atoms with Gasteiger partial charge in [-0.3, -0.25) is 9.80 Å². The van der Waals surface area contributed by atoms with Crippen LogP contribution in [0.4, 0.5) is 13.6 Å². The molecule has 1 unspecified atom stereocenters. The van der Waals surface area contributed by atoms with Crippen LogP contribution in [-0.4, -0.2) is 53.6 Å². The van der Waals surface area contributed by atoms with Gasteiger partial charge in [0.25, 0.3) is 6.43 Å². The molecule has 0 aromatic heterocycles. The van der Waals surface area contributed by atoms with Gasteiger partial charge in [0.15, 0.2) is 0 Å². The minimum absolute atomic E-state index is 0.145. The van der Waals surface area contributed by atoms with Gasteiger partial charge in [-0.25, -0.2) is 13.6 Å². The van der Waals surface area contributed by atoms with Crippen molar-refractivity contribution in [1.82, 2.24) is 9.80 Å². The van der Waals surface area contributed by atoms with Gasteiger partial charge in [0.05, 0.1) is 0 Å². The van der Waals surface area contributed by atoms with Crippen LogP contribution >= 0.6 is 0 Å². The molecule has 1 amide bonds. The van der Waals surface area contributed by atoms with Gasteiger partial charge in [-0.15, -0.1) is 0 Å². The van der Waals surface area contributed by atoms with Crippen LogP contribution in [0.2, 0.25) is 0 Å². The van der Waals surface area contributed by atoms with E-state index in [2.05, 4.69) is 0 Å². The SMILES string of the molecule is CC(C)(C)OC(=O)N1CCN(Cc2ccccc2)CC1C(F)F. The highest BCUT2D eigenvalue weighted by Gasteiger charge is 2.38. The van der Waals surface area contributed by atoms with Crippen LogP contribution in [-0.2, 0) is 11.3 Å². The van der Waals surface area contributed by atoms with Crippen molar-refractivity contribution in [1.29, 1.82) is 0 Å². The average Bonchev–Trinajstić information content (AvgIpc) is 2.46. The Morgan fingerprint density at radius 3 is 2.48 bits per heavy atom. The zero-order valence-corrected chi connectivity index (χ0v) is 13.8. The molecule has 0 bridgehead atoms. The Morgan fingerprint density at radius 2 is 1.91 bits per heavy atom. The second-order valence-electron chi connectivity index (χ2n) is 6.80. The molecule has 4 nitrogen and oxygen atoms in total. The lowest BCUT2D eigenvalue weighted by molar-refractivity contribution is -0.0436. The van der Waals surface area contributed by atoms with Crippen LogP contribution in [0.3, 0.4) is 0 Å². The van der Waals surface area contributed by atoms with Gasteiger partial charge < -0.3 is 4.74 Å². The molecule has 1 aromatic carbocycles. The van der Waals surface area contributed by atoms with Crippen molar-refractivity contribution in [3.05, 3.63) is 35.9 Å². The highest BCUT2D eigenvalue weighted by molar-refractivity contribution is 5.68. The van der Waals surface area contributed by atoms with E-state index in [0.717, 1.165) is 10.5 Å². The number of hydrogen-bond donors (Lipinski definition) is 0. The van der Waals surface area contributed by atoms with Crippen LogP contribution in [0, 0.1) is 0 Å². The number of hydrogen-bond acceptors (Lipinski definition) is 3. The first kappa shape index (κ1) is 17.7. The molecule has 1 aromatic rings. The first-order valence-electron chi connectivity index (χ1n) is 7.80. The molecule has 128 valence electrons. The summed E-state index contributed by atoms with van der Waals surface area (Å²) in [6.45, 7) is 6.74. The molecule has 0 saturated carbocycles. The van der Waals surface area contributed by atoms with Crippen molar-refractivity contribution in [3.63, 3.8) is 0 Å². The summed E-state index contributed by atoms with van der Waals surface area (Å²) in [7, 11) is 0. The molecular formula is C17H24F2N2O2. The lowest BCUT2D eigenvalue weighted by atomic mass is 10.1. The highest BCUT2D eigenvalue weighted by atomic mass is 19.3. The molecule has 2 rings (SSSR count). The fraction of sp³-hybridized carbons (Fsp3) is 0.588. The third-order valence-electron chi connectivity index (χ3n) is 3.67. The van der Waals surface area contributed by atoms with Crippen LogP contribution in [0.15, 0.2) is 30.3 Å². The van der Waals surface area contributed by atoms with Gasteiger partial charge in [-0.1, -0.05) is 30.3 Å². The van der Waals surface area contributed by atoms with Crippen LogP contribution in [0.25, 0.3) is 0 Å². The number of nitrogens with zero attached hydrogens (tertiary/aromatic N) is 2. The van der Waals surface area contributed by atoms with Crippen molar-refractivity contribution in [2.24, 2.45) is 0 Å². The minimum Gasteiger partial charge on any atom is -0.444 e. The first-order chi connectivity index (χ1) is 10.8. The van der Waals surface area contributed by atoms with E-state index in [1.54, 1.807) is 20.8 Å². The molecule has 0 spiro atoms. The van der Waals surface area contributed by atoms with Crippen LogP contribution in [0.1, 0.15) is 26.3 Å². The quantitative estimate of drug-likeness (QED) is 0.854. The van der Waals surface area contributed by atoms with Crippen molar-refractivity contribution >= 4 is 6.09 Å². The number of ether oxygens (including phenoxy) is 1. The lowest BCUT2D eigenvalue weighted by Gasteiger charge is -2.41. The predicted octanol–water partition coefficient (Wildman–Crippen LogP) is 3.37. The number of carbonyl (C=O) groups excluding carboxylic acids is 1. The molecule has 23 heavy (non-hydrogen) atoms. The average molecular weight is 326 g/mol. The molecule has 0 radical (unpaired) electrons. The Balaban J connectivity index is 2.01. The Kier molecular flexibility index (Phi) is 5.57. The Labute approximate surface area is 136 Å². The Morgan fingerprint density at radius 1 is 1.26 bits per heavy atom. The Hall–Kier alpha value is -1.69. The zero-order valence-electron chi connectivity index (χ0n) is 13.8. The van der Waals surface area contributed by atoms with Gasteiger partial charge in [0, 0.05) is 26.2 Å². The monoisotopic (exact) mass is 326 g/mol. The Bertz CT molecular complexity index is 517. The van der Waals surface area contributed by atoms with E-state index in [-0.39, 0.29) is 13.1 Å². The van der Waals surface area contributed by atoms with E-state index in [4.69, 9.17) is 4.74 Å². The van der Waals surface area contributed by atoms with Gasteiger partial charge in [0.2, 0.25) is 0 Å². The van der Waals surface area contributed by atoms with Crippen molar-refractivity contribution in [2.75, 3.05) is 19.6 Å². The van der Waals surface area contributed by atoms with Gasteiger partial charge in [-0.2, -0.15) is 0 Å². The number of benzene rings is 1. The van der Waals surface area contributed by atoms with Gasteiger partial charge in [-0.05, 0) is 26.3 Å². The number of alkyl halides is 2. The summed E-state index contributed by atoms with van der Waals surface area (Å²) in [5.74, 6) is 0. The molecule has 1 saturated heterocycles. The highest BCUT2D eigenvalue weighted by Crippen LogP contribution is 2.21. The van der Waals surface area contributed by atoms with E-state index in [1.807, 2.05) is 35.2 Å². The number of halogens is 2. The maximum atomic E-state index is 13.4. The first-order valence-corrected chi connectivity index (χ1v) is 7.80. The summed E-state index contributed by atoms with van der Waals surface area (Å²) >= 11 is 0. The summed E-state index contributed by atoms with van der Waals surface area (Å²) in [5, 5.41) is 0. The minimum atomic E-state index is -2.60. The van der Waals surface area contributed by atoms with E-state index in [1.165, 1.54) is 0 Å². The largest absolute Gasteiger partial charge is 0.444 e. The molecule has 0 N–H and O–H groups in total. The summed E-state index contributed by atoms with van der Waals surface area (Å²) < 4.78 is 32.0. The third kappa shape index (κ3) is 5.16. The maximum Gasteiger partial charge on any atom is 0.410 e. The number of rotatable bonds is 3. The molecule has 0 aliphatic carbocycles. The molecule has 6 heteroatoms. The summed E-state index contributed by atoms with van der Waals surface area (Å²) in [6.07, 6.45) is -3.26. The summed E-state index contributed by atoms with van der Waals surface area (Å²) in [5.41, 5.74) is 0.386. The number of carbonyl (C=O) groups is 1. The smallest absolute Gasteiger partial charge is 0.410 e. The number of amides is 1. The molecule has 1 aliphatic rings. The fourth-order valence-electron chi connectivity index (χ4n) is 2.62. The third-order valence-corrected chi connectivity index (χ3v) is 3.67. The van der Waals surface area contributed by atoms with E-state index in [9.17, 15) is 13.6 Å². The maximum absolute atomic E-state index is 13.4. The molecule has 1 fully saturated rings. The van der Waals surface area contributed by atoms with E-state index < -0.39 is 24.2 Å². The molecule has 1 heterocycles. The summed E-state index contributed by atoms with van der Waals surface area (Å²) in [6, 6.07) is 8.58. The fourth-order valence-corrected chi connectivity index (χ4v) is 2.62. The van der Waals surface area contributed by atoms with Crippen LogP contribution < -0.4 is 0 Å². The second kappa shape index (κ2) is 7.25. The van der Waals surface area contributed by atoms with Crippen molar-refractivity contribution in [3.8, 4) is 0 Å². The van der Waals surface area contributed by atoms with Crippen molar-refractivity contribution < 1.29 is 18.3 Å². The summed E-state index contributed by atoms with van der Waals surface area (Å²) in [4.78, 5) is 15.3.